The molecule has 0 aliphatic heterocycles. The first-order valence-corrected chi connectivity index (χ1v) is 6.85. The van der Waals surface area contributed by atoms with E-state index in [-0.39, 0.29) is 11.1 Å². The van der Waals surface area contributed by atoms with Gasteiger partial charge in [-0.15, -0.1) is 0 Å². The maximum atomic E-state index is 10.5. The molecule has 0 aliphatic rings. The first kappa shape index (κ1) is 20.8. The maximum Gasteiger partial charge on any atom is 0.0722 e. The standard InChI is InChI=1S/C9H6O6.C8H6O4/c10-7(11)4-1-2-5(8(12)13)6(3-4)9(14)15;9-7(10)5-1-2-6(4-3-5)8(11)12/h1-3H,(H,10,11)(H,12,13)(H,14,15);1-4H,(H,9,10)(H,11,12)/p-5. The van der Waals surface area contributed by atoms with Crippen molar-refractivity contribution >= 4 is 29.8 Å². The van der Waals surface area contributed by atoms with Gasteiger partial charge in [0.25, 0.3) is 0 Å². The largest absolute Gasteiger partial charge is 0.545 e. The highest BCUT2D eigenvalue weighted by atomic mass is 16.4. The molecule has 27 heavy (non-hydrogen) atoms. The van der Waals surface area contributed by atoms with Crippen molar-refractivity contribution < 1.29 is 49.5 Å². The molecule has 0 aromatic heterocycles. The van der Waals surface area contributed by atoms with Crippen molar-refractivity contribution in [2.45, 2.75) is 0 Å². The minimum Gasteiger partial charge on any atom is -0.545 e. The fourth-order valence-electron chi connectivity index (χ4n) is 1.76. The molecule has 0 spiro atoms. The maximum absolute atomic E-state index is 10.5. The number of aromatic carboxylic acids is 5. The summed E-state index contributed by atoms with van der Waals surface area (Å²) in [7, 11) is 0. The highest BCUT2D eigenvalue weighted by Crippen LogP contribution is 2.10. The number of hydrogen-bond donors (Lipinski definition) is 0. The molecule has 140 valence electrons. The summed E-state index contributed by atoms with van der Waals surface area (Å²) in [6.07, 6.45) is 0. The SMILES string of the molecule is O=C([O-])c1ccc(C(=O)[O-])c(C(=O)[O-])c1.O=C([O-])c1ccc(C(=O)[O-])cc1. The molecule has 0 radical (unpaired) electrons. The molecular formula is C17H7O10-5. The summed E-state index contributed by atoms with van der Waals surface area (Å²) in [4.78, 5) is 51.7. The lowest BCUT2D eigenvalue weighted by Crippen LogP contribution is -2.31. The molecule has 0 N–H and O–H groups in total. The normalized spacial score (nSPS) is 9.48. The summed E-state index contributed by atoms with van der Waals surface area (Å²) in [6.45, 7) is 0. The number of carbonyl (C=O) groups is 5. The Balaban J connectivity index is 0.000000277. The van der Waals surface area contributed by atoms with E-state index in [1.165, 1.54) is 0 Å². The van der Waals surface area contributed by atoms with Crippen LogP contribution in [0.5, 0.6) is 0 Å². The molecule has 10 heteroatoms. The quantitative estimate of drug-likeness (QED) is 0.491. The van der Waals surface area contributed by atoms with Crippen LogP contribution in [0.15, 0.2) is 42.5 Å². The van der Waals surface area contributed by atoms with E-state index in [0.717, 1.165) is 36.4 Å². The Labute approximate surface area is 150 Å². The molecule has 0 heterocycles. The van der Waals surface area contributed by atoms with Gasteiger partial charge in [-0.05, 0) is 22.8 Å². The van der Waals surface area contributed by atoms with Gasteiger partial charge < -0.3 is 49.5 Å². The molecule has 0 fully saturated rings. The summed E-state index contributed by atoms with van der Waals surface area (Å²) in [5.74, 6) is -7.79. The lowest BCUT2D eigenvalue weighted by Gasteiger charge is -2.13. The zero-order chi connectivity index (χ0) is 20.7. The Morgan fingerprint density at radius 2 is 0.778 bits per heavy atom. The van der Waals surface area contributed by atoms with Crippen LogP contribution in [0.2, 0.25) is 0 Å². The van der Waals surface area contributed by atoms with Crippen molar-refractivity contribution in [3.63, 3.8) is 0 Å². The molecule has 0 atom stereocenters. The Kier molecular flexibility index (Phi) is 6.76. The van der Waals surface area contributed by atoms with Gasteiger partial charge in [-0.2, -0.15) is 0 Å². The van der Waals surface area contributed by atoms with Crippen LogP contribution < -0.4 is 25.5 Å². The molecule has 2 rings (SSSR count). The van der Waals surface area contributed by atoms with Crippen LogP contribution in [0.25, 0.3) is 0 Å². The van der Waals surface area contributed by atoms with Crippen LogP contribution in [0, 0.1) is 0 Å². The van der Waals surface area contributed by atoms with Gasteiger partial charge in [-0.3, -0.25) is 0 Å². The Morgan fingerprint density at radius 3 is 1.07 bits per heavy atom. The van der Waals surface area contributed by atoms with Crippen LogP contribution in [0.3, 0.4) is 0 Å². The van der Waals surface area contributed by atoms with Crippen LogP contribution in [0.1, 0.15) is 51.8 Å². The Morgan fingerprint density at radius 1 is 0.444 bits per heavy atom. The summed E-state index contributed by atoms with van der Waals surface area (Å²) in [5, 5.41) is 51.7. The lowest BCUT2D eigenvalue weighted by atomic mass is 10.0. The predicted octanol–water partition coefficient (Wildman–Crippen LogP) is -4.81. The molecule has 10 nitrogen and oxygen atoms in total. The van der Waals surface area contributed by atoms with Crippen LogP contribution in [0.4, 0.5) is 0 Å². The first-order chi connectivity index (χ1) is 12.5. The highest BCUT2D eigenvalue weighted by Gasteiger charge is 2.06. The van der Waals surface area contributed by atoms with Crippen LogP contribution >= 0.6 is 0 Å². The number of rotatable bonds is 5. The third-order valence-corrected chi connectivity index (χ3v) is 3.05. The number of benzene rings is 2. The van der Waals surface area contributed by atoms with Crippen molar-refractivity contribution in [2.24, 2.45) is 0 Å². The van der Waals surface area contributed by atoms with Gasteiger partial charge in [0, 0.05) is 11.1 Å². The van der Waals surface area contributed by atoms with E-state index in [9.17, 15) is 49.5 Å². The molecule has 2 aromatic rings. The van der Waals surface area contributed by atoms with E-state index >= 15 is 0 Å². The average molecular weight is 371 g/mol. The fraction of sp³-hybridized carbons (Fsp3) is 0. The Hall–Kier alpha value is -4.21. The van der Waals surface area contributed by atoms with Gasteiger partial charge in [0.2, 0.25) is 0 Å². The summed E-state index contributed by atoms with van der Waals surface area (Å²) in [5.41, 5.74) is -1.95. The zero-order valence-electron chi connectivity index (χ0n) is 13.1. The lowest BCUT2D eigenvalue weighted by molar-refractivity contribution is -0.259. The molecule has 2 aromatic carbocycles. The van der Waals surface area contributed by atoms with E-state index in [1.807, 2.05) is 0 Å². The molecule has 0 saturated carbocycles. The van der Waals surface area contributed by atoms with E-state index in [2.05, 4.69) is 0 Å². The number of carboxylic acids is 5. The summed E-state index contributed by atoms with van der Waals surface area (Å²) in [6, 6.07) is 6.98. The van der Waals surface area contributed by atoms with Crippen molar-refractivity contribution in [3.05, 3.63) is 70.3 Å². The summed E-state index contributed by atoms with van der Waals surface area (Å²) >= 11 is 0. The van der Waals surface area contributed by atoms with E-state index in [4.69, 9.17) is 0 Å². The number of carboxylic acid groups (broad SMARTS) is 5. The topological polar surface area (TPSA) is 201 Å². The third kappa shape index (κ3) is 5.67. The van der Waals surface area contributed by atoms with Crippen LogP contribution in [-0.2, 0) is 0 Å². The molecule has 0 saturated heterocycles. The minimum absolute atomic E-state index is 0.0556. The van der Waals surface area contributed by atoms with Crippen molar-refractivity contribution in [1.82, 2.24) is 0 Å². The Bertz CT molecular complexity index is 879. The average Bonchev–Trinajstić information content (AvgIpc) is 2.61. The molecule has 0 unspecified atom stereocenters. The molecule has 0 aliphatic carbocycles. The van der Waals surface area contributed by atoms with Gasteiger partial charge >= 0.3 is 0 Å². The van der Waals surface area contributed by atoms with Crippen molar-refractivity contribution in [3.8, 4) is 0 Å². The second-order valence-corrected chi connectivity index (χ2v) is 4.78. The summed E-state index contributed by atoms with van der Waals surface area (Å²) < 4.78 is 0. The monoisotopic (exact) mass is 371 g/mol. The van der Waals surface area contributed by atoms with Gasteiger partial charge in [0.15, 0.2) is 0 Å². The first-order valence-electron chi connectivity index (χ1n) is 6.85. The second kappa shape index (κ2) is 8.76. The van der Waals surface area contributed by atoms with E-state index in [1.54, 1.807) is 0 Å². The van der Waals surface area contributed by atoms with Gasteiger partial charge in [-0.1, -0.05) is 36.4 Å². The fourth-order valence-corrected chi connectivity index (χ4v) is 1.76. The van der Waals surface area contributed by atoms with E-state index < -0.39 is 46.5 Å². The third-order valence-electron chi connectivity index (χ3n) is 3.05. The highest BCUT2D eigenvalue weighted by molar-refractivity contribution is 6.02. The molecule has 0 amide bonds. The minimum atomic E-state index is -1.79. The van der Waals surface area contributed by atoms with Crippen molar-refractivity contribution in [2.75, 3.05) is 0 Å². The molecule has 0 bridgehead atoms. The number of carbonyl (C=O) groups excluding carboxylic acids is 5. The second-order valence-electron chi connectivity index (χ2n) is 4.78. The van der Waals surface area contributed by atoms with E-state index in [0.29, 0.717) is 6.07 Å². The van der Waals surface area contributed by atoms with Crippen LogP contribution in [-0.4, -0.2) is 29.8 Å². The van der Waals surface area contributed by atoms with Gasteiger partial charge in [-0.25, -0.2) is 0 Å². The van der Waals surface area contributed by atoms with Crippen molar-refractivity contribution in [1.29, 1.82) is 0 Å². The zero-order valence-corrected chi connectivity index (χ0v) is 13.1. The van der Waals surface area contributed by atoms with Gasteiger partial charge in [0.1, 0.15) is 0 Å². The molecular weight excluding hydrogens is 364 g/mol. The predicted molar refractivity (Wildman–Crippen MR) is 74.5 cm³/mol. The smallest absolute Gasteiger partial charge is 0.0722 e. The number of hydrogen-bond acceptors (Lipinski definition) is 10. The van der Waals surface area contributed by atoms with Gasteiger partial charge in [0.05, 0.1) is 29.8 Å².